The fraction of sp³-hybridized carbons (Fsp3) is 0.481. The van der Waals surface area contributed by atoms with Crippen molar-refractivity contribution in [3.63, 3.8) is 0 Å². The zero-order chi connectivity index (χ0) is 24.2. The van der Waals surface area contributed by atoms with E-state index in [4.69, 9.17) is 4.74 Å². The minimum atomic E-state index is -0.262. The zero-order valence-electron chi connectivity index (χ0n) is 20.5. The molecule has 3 heterocycles. The molecule has 8 nitrogen and oxygen atoms in total. The topological polar surface area (TPSA) is 68.4 Å². The molecule has 3 aliphatic rings. The van der Waals surface area contributed by atoms with Crippen molar-refractivity contribution >= 4 is 23.3 Å². The van der Waals surface area contributed by atoms with Gasteiger partial charge in [-0.05, 0) is 54.8 Å². The number of hydrogen-bond acceptors (Lipinski definition) is 6. The molecule has 0 spiro atoms. The number of piperidine rings is 1. The van der Waals surface area contributed by atoms with E-state index in [2.05, 4.69) is 27.2 Å². The van der Waals surface area contributed by atoms with Crippen molar-refractivity contribution in [1.29, 1.82) is 0 Å². The van der Waals surface area contributed by atoms with Crippen LogP contribution in [0.25, 0.3) is 0 Å². The van der Waals surface area contributed by atoms with Crippen LogP contribution in [0.4, 0.5) is 16.2 Å². The fourth-order valence-corrected chi connectivity index (χ4v) is 5.38. The number of carbonyl (C=O) groups is 2. The molecule has 3 fully saturated rings. The smallest absolute Gasteiger partial charge is 0.331 e. The molecule has 8 heteroatoms. The Bertz CT molecular complexity index is 1010. The highest BCUT2D eigenvalue weighted by Gasteiger charge is 2.33. The second-order valence-corrected chi connectivity index (χ2v) is 9.53. The lowest BCUT2D eigenvalue weighted by Gasteiger charge is -2.41. The van der Waals surface area contributed by atoms with E-state index in [9.17, 15) is 9.59 Å². The Morgan fingerprint density at radius 3 is 2.17 bits per heavy atom. The molecule has 0 unspecified atom stereocenters. The first-order valence-corrected chi connectivity index (χ1v) is 12.7. The maximum atomic E-state index is 13.2. The average molecular weight is 478 g/mol. The van der Waals surface area contributed by atoms with Gasteiger partial charge in [-0.25, -0.2) is 4.79 Å². The normalized spacial score (nSPS) is 20.4. The summed E-state index contributed by atoms with van der Waals surface area (Å²) in [6, 6.07) is 16.1. The van der Waals surface area contributed by atoms with Gasteiger partial charge in [-0.15, -0.1) is 0 Å². The minimum absolute atomic E-state index is 0.133. The van der Waals surface area contributed by atoms with E-state index in [1.807, 2.05) is 36.4 Å². The van der Waals surface area contributed by atoms with E-state index >= 15 is 0 Å². The number of urea groups is 1. The van der Waals surface area contributed by atoms with E-state index < -0.39 is 0 Å². The molecule has 0 radical (unpaired) electrons. The third-order valence-corrected chi connectivity index (χ3v) is 7.47. The first-order chi connectivity index (χ1) is 17.1. The summed E-state index contributed by atoms with van der Waals surface area (Å²) < 4.78 is 5.20. The Hall–Kier alpha value is -3.10. The number of rotatable bonds is 6. The second kappa shape index (κ2) is 10.7. The van der Waals surface area contributed by atoms with Gasteiger partial charge < -0.3 is 15.0 Å². The third-order valence-electron chi connectivity index (χ3n) is 7.47. The summed E-state index contributed by atoms with van der Waals surface area (Å²) in [5.41, 5.74) is 2.93. The summed E-state index contributed by atoms with van der Waals surface area (Å²) in [7, 11) is 1.62. The van der Waals surface area contributed by atoms with Crippen molar-refractivity contribution < 1.29 is 14.3 Å². The molecule has 3 amide bonds. The van der Waals surface area contributed by atoms with Crippen LogP contribution in [0.2, 0.25) is 0 Å². The quantitative estimate of drug-likeness (QED) is 0.690. The predicted octanol–water partition coefficient (Wildman–Crippen LogP) is 2.93. The van der Waals surface area contributed by atoms with Crippen LogP contribution < -0.4 is 19.9 Å². The van der Waals surface area contributed by atoms with Crippen LogP contribution in [0, 0.1) is 0 Å². The number of anilines is 2. The highest BCUT2D eigenvalue weighted by molar-refractivity contribution is 6.05. The Labute approximate surface area is 207 Å². The van der Waals surface area contributed by atoms with Crippen molar-refractivity contribution in [2.45, 2.75) is 31.8 Å². The highest BCUT2D eigenvalue weighted by atomic mass is 16.5. The van der Waals surface area contributed by atoms with Gasteiger partial charge in [-0.3, -0.25) is 19.5 Å². The number of imide groups is 1. The lowest BCUT2D eigenvalue weighted by molar-refractivity contribution is -0.129. The number of hydrogen-bond donors (Lipinski definition) is 1. The van der Waals surface area contributed by atoms with Gasteiger partial charge in [0.15, 0.2) is 0 Å². The van der Waals surface area contributed by atoms with E-state index in [-0.39, 0.29) is 18.5 Å². The van der Waals surface area contributed by atoms with Crippen molar-refractivity contribution in [1.82, 2.24) is 15.1 Å². The van der Waals surface area contributed by atoms with Gasteiger partial charge in [0.05, 0.1) is 13.7 Å². The molecular weight excluding hydrogens is 442 g/mol. The van der Waals surface area contributed by atoms with Gasteiger partial charge in [0.1, 0.15) is 5.75 Å². The van der Waals surface area contributed by atoms with Gasteiger partial charge >= 0.3 is 6.03 Å². The van der Waals surface area contributed by atoms with Crippen LogP contribution in [-0.4, -0.2) is 80.7 Å². The van der Waals surface area contributed by atoms with Gasteiger partial charge in [0.25, 0.3) is 0 Å². The molecule has 0 aromatic heterocycles. The summed E-state index contributed by atoms with van der Waals surface area (Å²) in [6.45, 7) is 7.29. The molecule has 0 aliphatic carbocycles. The molecule has 1 N–H and O–H groups in total. The molecule has 35 heavy (non-hydrogen) atoms. The Morgan fingerprint density at radius 2 is 1.51 bits per heavy atom. The predicted molar refractivity (Wildman–Crippen MR) is 137 cm³/mol. The summed E-state index contributed by atoms with van der Waals surface area (Å²) in [5, 5.41) is 3.44. The Kier molecular flexibility index (Phi) is 7.20. The Balaban J connectivity index is 1.20. The van der Waals surface area contributed by atoms with Gasteiger partial charge in [-0.2, -0.15) is 0 Å². The first-order valence-electron chi connectivity index (χ1n) is 12.7. The van der Waals surface area contributed by atoms with Gasteiger partial charge in [0.2, 0.25) is 5.91 Å². The number of nitrogens with one attached hydrogen (secondary N) is 1. The maximum Gasteiger partial charge on any atom is 0.331 e. The monoisotopic (exact) mass is 477 g/mol. The van der Waals surface area contributed by atoms with Crippen molar-refractivity contribution in [3.8, 4) is 5.75 Å². The highest BCUT2D eigenvalue weighted by Crippen LogP contribution is 2.28. The van der Waals surface area contributed by atoms with Gasteiger partial charge in [-0.1, -0.05) is 12.1 Å². The van der Waals surface area contributed by atoms with Crippen molar-refractivity contribution in [2.24, 2.45) is 0 Å². The zero-order valence-corrected chi connectivity index (χ0v) is 20.5. The second-order valence-electron chi connectivity index (χ2n) is 9.53. The summed E-state index contributed by atoms with van der Waals surface area (Å²) in [4.78, 5) is 33.9. The standard InChI is InChI=1S/C27H35N5O3/c1-35-25-8-2-21(3-9-25)20-32-26(33)12-17-31(27(32)34)24-6-4-22(5-7-24)29-15-10-23(11-16-29)30-18-13-28-14-19-30/h2-9,23,28H,10-20H2,1H3. The van der Waals surface area contributed by atoms with Crippen molar-refractivity contribution in [3.05, 3.63) is 54.1 Å². The number of ether oxygens (including phenoxy) is 1. The molecule has 0 saturated carbocycles. The number of nitrogens with zero attached hydrogens (tertiary/aromatic N) is 4. The van der Waals surface area contributed by atoms with Crippen LogP contribution in [0.15, 0.2) is 48.5 Å². The molecule has 2 aromatic carbocycles. The molecule has 2 aromatic rings. The molecule has 3 aliphatic heterocycles. The Morgan fingerprint density at radius 1 is 0.857 bits per heavy atom. The number of carbonyl (C=O) groups excluding carboxylic acids is 2. The number of piperazine rings is 1. The van der Waals surface area contributed by atoms with E-state index in [1.54, 1.807) is 12.0 Å². The number of benzene rings is 2. The molecular formula is C27H35N5O3. The summed E-state index contributed by atoms with van der Waals surface area (Å²) in [6.07, 6.45) is 2.70. The van der Waals surface area contributed by atoms with E-state index in [0.717, 1.165) is 56.3 Å². The van der Waals surface area contributed by atoms with Crippen LogP contribution >= 0.6 is 0 Å². The van der Waals surface area contributed by atoms with E-state index in [1.165, 1.54) is 23.4 Å². The average Bonchev–Trinajstić information content (AvgIpc) is 2.92. The minimum Gasteiger partial charge on any atom is -0.497 e. The molecule has 0 atom stereocenters. The first kappa shape index (κ1) is 23.6. The van der Waals surface area contributed by atoms with Crippen LogP contribution in [0.3, 0.4) is 0 Å². The van der Waals surface area contributed by atoms with Gasteiger partial charge in [0, 0.05) is 69.7 Å². The molecule has 186 valence electrons. The van der Waals surface area contributed by atoms with Crippen LogP contribution in [0.5, 0.6) is 5.75 Å². The van der Waals surface area contributed by atoms with Crippen LogP contribution in [0.1, 0.15) is 24.8 Å². The lowest BCUT2D eigenvalue weighted by Crippen LogP contribution is -2.52. The van der Waals surface area contributed by atoms with E-state index in [0.29, 0.717) is 19.0 Å². The third kappa shape index (κ3) is 5.28. The lowest BCUT2D eigenvalue weighted by atomic mass is 10.0. The summed E-state index contributed by atoms with van der Waals surface area (Å²) >= 11 is 0. The molecule has 0 bridgehead atoms. The number of amides is 3. The van der Waals surface area contributed by atoms with Crippen LogP contribution in [-0.2, 0) is 11.3 Å². The molecule has 3 saturated heterocycles. The summed E-state index contributed by atoms with van der Waals surface area (Å²) in [5.74, 6) is 0.617. The largest absolute Gasteiger partial charge is 0.497 e. The SMILES string of the molecule is COc1ccc(CN2C(=O)CCN(c3ccc(N4CCC(N5CCNCC5)CC4)cc3)C2=O)cc1. The maximum absolute atomic E-state index is 13.2. The van der Waals surface area contributed by atoms with Crippen molar-refractivity contribution in [2.75, 3.05) is 62.7 Å². The number of methoxy groups -OCH3 is 1. The fourth-order valence-electron chi connectivity index (χ4n) is 5.38. The molecule has 5 rings (SSSR count).